The van der Waals surface area contributed by atoms with Gasteiger partial charge in [0, 0.05) is 38.4 Å². The van der Waals surface area contributed by atoms with E-state index in [1.807, 2.05) is 0 Å². The molecule has 1 saturated heterocycles. The van der Waals surface area contributed by atoms with Crippen molar-refractivity contribution in [2.45, 2.75) is 6.42 Å². The first-order chi connectivity index (χ1) is 11.3. The van der Waals surface area contributed by atoms with Crippen LogP contribution in [0.1, 0.15) is 6.42 Å². The Hall–Kier alpha value is -1.85. The molecule has 0 aliphatic carbocycles. The quantitative estimate of drug-likeness (QED) is 0.825. The number of anilines is 2. The van der Waals surface area contributed by atoms with Gasteiger partial charge in [-0.15, -0.1) is 0 Å². The highest BCUT2D eigenvalue weighted by Gasteiger charge is 2.16. The van der Waals surface area contributed by atoms with Gasteiger partial charge in [-0.3, -0.25) is 9.88 Å². The van der Waals surface area contributed by atoms with Crippen LogP contribution in [0.25, 0.3) is 0 Å². The average molecular weight is 332 g/mol. The third kappa shape index (κ3) is 4.81. The minimum Gasteiger partial charge on any atom is -0.369 e. The fraction of sp³-hybridized carbons (Fsp3) is 0.412. The Morgan fingerprint density at radius 1 is 1.04 bits per heavy atom. The molecule has 1 aromatic heterocycles. The minimum atomic E-state index is 0.423. The summed E-state index contributed by atoms with van der Waals surface area (Å²) in [5, 5.41) is 3.69. The van der Waals surface area contributed by atoms with Gasteiger partial charge in [-0.05, 0) is 25.1 Å². The highest BCUT2D eigenvalue weighted by molar-refractivity contribution is 6.29. The van der Waals surface area contributed by atoms with Crippen molar-refractivity contribution < 1.29 is 0 Å². The molecule has 0 bridgehead atoms. The van der Waals surface area contributed by atoms with Gasteiger partial charge < -0.3 is 10.2 Å². The lowest BCUT2D eigenvalue weighted by molar-refractivity contribution is 0.257. The van der Waals surface area contributed by atoms with Gasteiger partial charge in [-0.25, -0.2) is 4.98 Å². The molecule has 1 aromatic carbocycles. The SMILES string of the molecule is Clc1cncc(NCCCN2CCN(c3ccccc3)CC2)n1. The summed E-state index contributed by atoms with van der Waals surface area (Å²) >= 11 is 5.82. The average Bonchev–Trinajstić information content (AvgIpc) is 2.60. The number of nitrogens with one attached hydrogen (secondary N) is 1. The standard InChI is InChI=1S/C17H22ClN5/c18-16-13-19-14-17(21-16)20-7-4-8-22-9-11-23(12-10-22)15-5-2-1-3-6-15/h1-3,5-6,13-14H,4,7-12H2,(H,20,21). The van der Waals surface area contributed by atoms with Gasteiger partial charge in [0.1, 0.15) is 11.0 Å². The fourth-order valence-corrected chi connectivity index (χ4v) is 2.96. The van der Waals surface area contributed by atoms with Gasteiger partial charge in [0.2, 0.25) is 0 Å². The summed E-state index contributed by atoms with van der Waals surface area (Å²) in [4.78, 5) is 13.2. The summed E-state index contributed by atoms with van der Waals surface area (Å²) in [7, 11) is 0. The molecule has 0 radical (unpaired) electrons. The van der Waals surface area contributed by atoms with E-state index >= 15 is 0 Å². The lowest BCUT2D eigenvalue weighted by Crippen LogP contribution is -2.46. The molecule has 0 atom stereocenters. The summed E-state index contributed by atoms with van der Waals surface area (Å²) in [5.74, 6) is 0.742. The van der Waals surface area contributed by atoms with Crippen LogP contribution in [0.15, 0.2) is 42.7 Å². The van der Waals surface area contributed by atoms with Crippen LogP contribution in [0, 0.1) is 0 Å². The summed E-state index contributed by atoms with van der Waals surface area (Å²) in [6.45, 7) is 6.41. The fourth-order valence-electron chi connectivity index (χ4n) is 2.81. The molecular weight excluding hydrogens is 310 g/mol. The van der Waals surface area contributed by atoms with E-state index in [1.54, 1.807) is 12.4 Å². The van der Waals surface area contributed by atoms with Crippen LogP contribution < -0.4 is 10.2 Å². The first kappa shape index (κ1) is 16.0. The van der Waals surface area contributed by atoms with Gasteiger partial charge in [0.15, 0.2) is 0 Å². The molecule has 1 aliphatic heterocycles. The summed E-state index contributed by atoms with van der Waals surface area (Å²) in [6, 6.07) is 10.6. The number of piperazine rings is 1. The smallest absolute Gasteiger partial charge is 0.149 e. The molecule has 0 unspecified atom stereocenters. The molecule has 0 spiro atoms. The van der Waals surface area contributed by atoms with Gasteiger partial charge in [-0.1, -0.05) is 29.8 Å². The minimum absolute atomic E-state index is 0.423. The van der Waals surface area contributed by atoms with Gasteiger partial charge in [0.05, 0.1) is 12.4 Å². The van der Waals surface area contributed by atoms with E-state index in [1.165, 1.54) is 5.69 Å². The maximum atomic E-state index is 5.82. The summed E-state index contributed by atoms with van der Waals surface area (Å²) in [5.41, 5.74) is 1.33. The van der Waals surface area contributed by atoms with Crippen molar-refractivity contribution in [3.05, 3.63) is 47.9 Å². The second-order valence-corrected chi connectivity index (χ2v) is 6.06. The molecule has 3 rings (SSSR count). The summed E-state index contributed by atoms with van der Waals surface area (Å²) in [6.07, 6.45) is 4.32. The van der Waals surface area contributed by atoms with Crippen molar-refractivity contribution in [3.63, 3.8) is 0 Å². The largest absolute Gasteiger partial charge is 0.369 e. The Labute approximate surface area is 142 Å². The molecule has 0 saturated carbocycles. The van der Waals surface area contributed by atoms with E-state index in [0.717, 1.165) is 51.5 Å². The Bertz CT molecular complexity index is 599. The molecule has 0 amide bonds. The maximum Gasteiger partial charge on any atom is 0.149 e. The highest BCUT2D eigenvalue weighted by Crippen LogP contribution is 2.15. The van der Waals surface area contributed by atoms with Crippen LogP contribution in [-0.4, -0.2) is 54.1 Å². The van der Waals surface area contributed by atoms with Crippen molar-refractivity contribution in [1.29, 1.82) is 0 Å². The predicted octanol–water partition coefficient (Wildman–Crippen LogP) is 2.75. The molecule has 2 heterocycles. The molecule has 1 fully saturated rings. The Balaban J connectivity index is 1.35. The van der Waals surface area contributed by atoms with Crippen LogP contribution in [0.2, 0.25) is 5.15 Å². The molecule has 5 nitrogen and oxygen atoms in total. The number of nitrogens with zero attached hydrogens (tertiary/aromatic N) is 4. The normalized spacial score (nSPS) is 15.6. The van der Waals surface area contributed by atoms with E-state index < -0.39 is 0 Å². The number of halogens is 1. The summed E-state index contributed by atoms with van der Waals surface area (Å²) < 4.78 is 0. The maximum absolute atomic E-state index is 5.82. The van der Waals surface area contributed by atoms with Crippen LogP contribution in [-0.2, 0) is 0 Å². The number of para-hydroxylation sites is 1. The lowest BCUT2D eigenvalue weighted by atomic mass is 10.2. The van der Waals surface area contributed by atoms with Crippen LogP contribution in [0.5, 0.6) is 0 Å². The van der Waals surface area contributed by atoms with E-state index in [9.17, 15) is 0 Å². The first-order valence-electron chi connectivity index (χ1n) is 8.05. The molecule has 2 aromatic rings. The second kappa shape index (κ2) is 8.13. The second-order valence-electron chi connectivity index (χ2n) is 5.67. The third-order valence-electron chi connectivity index (χ3n) is 4.06. The number of hydrogen-bond donors (Lipinski definition) is 1. The molecule has 1 N–H and O–H groups in total. The Kier molecular flexibility index (Phi) is 5.66. The van der Waals surface area contributed by atoms with Gasteiger partial charge >= 0.3 is 0 Å². The first-order valence-corrected chi connectivity index (χ1v) is 8.43. The Morgan fingerprint density at radius 2 is 1.83 bits per heavy atom. The zero-order chi connectivity index (χ0) is 15.9. The van der Waals surface area contributed by atoms with Crippen molar-refractivity contribution in [1.82, 2.24) is 14.9 Å². The van der Waals surface area contributed by atoms with E-state index in [0.29, 0.717) is 5.15 Å². The van der Waals surface area contributed by atoms with Gasteiger partial charge in [-0.2, -0.15) is 0 Å². The predicted molar refractivity (Wildman–Crippen MR) is 95.2 cm³/mol. The van der Waals surface area contributed by atoms with Gasteiger partial charge in [0.25, 0.3) is 0 Å². The van der Waals surface area contributed by atoms with E-state index in [2.05, 4.69) is 55.4 Å². The van der Waals surface area contributed by atoms with Crippen LogP contribution >= 0.6 is 11.6 Å². The third-order valence-corrected chi connectivity index (χ3v) is 4.24. The number of rotatable bonds is 6. The highest BCUT2D eigenvalue weighted by atomic mass is 35.5. The molecule has 1 aliphatic rings. The molecule has 122 valence electrons. The lowest BCUT2D eigenvalue weighted by Gasteiger charge is -2.36. The number of benzene rings is 1. The Morgan fingerprint density at radius 3 is 2.57 bits per heavy atom. The van der Waals surface area contributed by atoms with E-state index in [-0.39, 0.29) is 0 Å². The molecule has 23 heavy (non-hydrogen) atoms. The zero-order valence-corrected chi connectivity index (χ0v) is 13.9. The van der Waals surface area contributed by atoms with Crippen molar-refractivity contribution in [2.24, 2.45) is 0 Å². The number of aromatic nitrogens is 2. The van der Waals surface area contributed by atoms with Crippen molar-refractivity contribution in [3.8, 4) is 0 Å². The monoisotopic (exact) mass is 331 g/mol. The van der Waals surface area contributed by atoms with Crippen molar-refractivity contribution in [2.75, 3.05) is 49.5 Å². The molecule has 6 heteroatoms. The van der Waals surface area contributed by atoms with Crippen LogP contribution in [0.4, 0.5) is 11.5 Å². The van der Waals surface area contributed by atoms with E-state index in [4.69, 9.17) is 11.6 Å². The topological polar surface area (TPSA) is 44.3 Å². The molecular formula is C17H22ClN5. The van der Waals surface area contributed by atoms with Crippen molar-refractivity contribution >= 4 is 23.1 Å². The van der Waals surface area contributed by atoms with Crippen LogP contribution in [0.3, 0.4) is 0 Å². The number of hydrogen-bond acceptors (Lipinski definition) is 5. The zero-order valence-electron chi connectivity index (χ0n) is 13.2.